The Labute approximate surface area is 83.5 Å². The fraction of sp³-hybridized carbons (Fsp3) is 0.700. The molecule has 0 amide bonds. The van der Waals surface area contributed by atoms with Crippen LogP contribution in [-0.4, -0.2) is 33.7 Å². The summed E-state index contributed by atoms with van der Waals surface area (Å²) in [6, 6.07) is 0. The number of nitrogens with zero attached hydrogens (tertiary/aromatic N) is 2. The molecule has 14 heavy (non-hydrogen) atoms. The summed E-state index contributed by atoms with van der Waals surface area (Å²) in [4.78, 5) is 6.34. The van der Waals surface area contributed by atoms with E-state index in [1.807, 2.05) is 13.8 Å². The van der Waals surface area contributed by atoms with Crippen molar-refractivity contribution in [1.82, 2.24) is 9.88 Å². The van der Waals surface area contributed by atoms with E-state index in [-0.39, 0.29) is 0 Å². The first-order valence-electron chi connectivity index (χ1n) is 4.90. The van der Waals surface area contributed by atoms with Gasteiger partial charge in [0.2, 0.25) is 0 Å². The molecule has 1 unspecified atom stereocenters. The van der Waals surface area contributed by atoms with Crippen LogP contribution in [0.2, 0.25) is 0 Å². The molecule has 4 nitrogen and oxygen atoms in total. The molecule has 2 rings (SSSR count). The van der Waals surface area contributed by atoms with Gasteiger partial charge in [0.15, 0.2) is 6.39 Å². The minimum atomic E-state index is -0.530. The predicted octanol–water partition coefficient (Wildman–Crippen LogP) is 0.940. The van der Waals surface area contributed by atoms with Gasteiger partial charge in [0.1, 0.15) is 5.76 Å². The third-order valence-electron chi connectivity index (χ3n) is 2.75. The van der Waals surface area contributed by atoms with E-state index >= 15 is 0 Å². The zero-order valence-corrected chi connectivity index (χ0v) is 8.66. The largest absolute Gasteiger partial charge is 0.448 e. The average molecular weight is 196 g/mol. The van der Waals surface area contributed by atoms with Crippen LogP contribution < -0.4 is 0 Å². The Morgan fingerprint density at radius 3 is 3.00 bits per heavy atom. The molecular formula is C10H16N2O2. The van der Waals surface area contributed by atoms with E-state index in [0.717, 1.165) is 37.5 Å². The van der Waals surface area contributed by atoms with Gasteiger partial charge in [-0.15, -0.1) is 0 Å². The van der Waals surface area contributed by atoms with Crippen molar-refractivity contribution in [3.63, 3.8) is 0 Å². The molecule has 2 heterocycles. The lowest BCUT2D eigenvalue weighted by atomic mass is 10.1. The van der Waals surface area contributed by atoms with Crippen molar-refractivity contribution in [3.05, 3.63) is 17.8 Å². The van der Waals surface area contributed by atoms with Gasteiger partial charge in [0, 0.05) is 19.6 Å². The molecule has 0 aromatic carbocycles. The highest BCUT2D eigenvalue weighted by atomic mass is 16.3. The van der Waals surface area contributed by atoms with E-state index in [2.05, 4.69) is 9.88 Å². The van der Waals surface area contributed by atoms with Gasteiger partial charge in [-0.25, -0.2) is 4.98 Å². The summed E-state index contributed by atoms with van der Waals surface area (Å²) in [5.74, 6) is 0.872. The van der Waals surface area contributed by atoms with Crippen molar-refractivity contribution in [2.24, 2.45) is 0 Å². The Balaban J connectivity index is 1.97. The highest BCUT2D eigenvalue weighted by molar-refractivity contribution is 5.05. The molecule has 0 aliphatic carbocycles. The molecule has 0 saturated carbocycles. The van der Waals surface area contributed by atoms with Gasteiger partial charge in [0.05, 0.1) is 11.3 Å². The molecule has 1 aromatic rings. The minimum Gasteiger partial charge on any atom is -0.448 e. The van der Waals surface area contributed by atoms with Gasteiger partial charge in [0.25, 0.3) is 0 Å². The van der Waals surface area contributed by atoms with E-state index in [0.29, 0.717) is 0 Å². The monoisotopic (exact) mass is 196 g/mol. The lowest BCUT2D eigenvalue weighted by Gasteiger charge is -2.17. The second kappa shape index (κ2) is 3.37. The topological polar surface area (TPSA) is 49.5 Å². The van der Waals surface area contributed by atoms with Crippen LogP contribution in [0.3, 0.4) is 0 Å². The van der Waals surface area contributed by atoms with Crippen LogP contribution in [-0.2, 0) is 6.54 Å². The molecule has 1 fully saturated rings. The quantitative estimate of drug-likeness (QED) is 0.764. The zero-order chi connectivity index (χ0) is 10.2. The Morgan fingerprint density at radius 2 is 2.50 bits per heavy atom. The number of oxazole rings is 1. The van der Waals surface area contributed by atoms with Gasteiger partial charge in [-0.1, -0.05) is 0 Å². The molecule has 1 aromatic heterocycles. The second-order valence-corrected chi connectivity index (χ2v) is 4.31. The van der Waals surface area contributed by atoms with Crippen LogP contribution in [0.1, 0.15) is 24.8 Å². The molecule has 1 aliphatic rings. The summed E-state index contributed by atoms with van der Waals surface area (Å²) in [5, 5.41) is 9.78. The highest BCUT2D eigenvalue weighted by Crippen LogP contribution is 2.22. The Kier molecular flexibility index (Phi) is 2.33. The molecular weight excluding hydrogens is 180 g/mol. The maximum Gasteiger partial charge on any atom is 0.181 e. The molecule has 78 valence electrons. The summed E-state index contributed by atoms with van der Waals surface area (Å²) in [6.07, 6.45) is 2.31. The van der Waals surface area contributed by atoms with Crippen molar-refractivity contribution in [3.8, 4) is 0 Å². The average Bonchev–Trinajstić information content (AvgIpc) is 2.61. The molecule has 0 spiro atoms. The lowest BCUT2D eigenvalue weighted by molar-refractivity contribution is 0.0677. The van der Waals surface area contributed by atoms with Crippen LogP contribution in [0.25, 0.3) is 0 Å². The summed E-state index contributed by atoms with van der Waals surface area (Å²) in [6.45, 7) is 6.22. The number of aromatic nitrogens is 1. The zero-order valence-electron chi connectivity index (χ0n) is 8.66. The number of β-amino-alcohol motifs (C(OH)–C–C–N with tert-alkyl or cyclic N) is 1. The summed E-state index contributed by atoms with van der Waals surface area (Å²) in [5.41, 5.74) is 0.445. The molecule has 4 heteroatoms. The predicted molar refractivity (Wildman–Crippen MR) is 51.8 cm³/mol. The summed E-state index contributed by atoms with van der Waals surface area (Å²) < 4.78 is 5.13. The van der Waals surface area contributed by atoms with Crippen LogP contribution in [0.15, 0.2) is 10.8 Å². The van der Waals surface area contributed by atoms with E-state index in [4.69, 9.17) is 4.42 Å². The van der Waals surface area contributed by atoms with Crippen molar-refractivity contribution in [1.29, 1.82) is 0 Å². The van der Waals surface area contributed by atoms with Crippen LogP contribution in [0.4, 0.5) is 0 Å². The Bertz CT molecular complexity index is 320. The molecule has 1 aliphatic heterocycles. The maximum atomic E-state index is 9.78. The third kappa shape index (κ3) is 1.96. The molecule has 1 atom stereocenters. The molecule has 1 saturated heterocycles. The number of rotatable bonds is 2. The van der Waals surface area contributed by atoms with Crippen molar-refractivity contribution in [2.45, 2.75) is 32.4 Å². The number of aliphatic hydroxyl groups is 1. The molecule has 0 radical (unpaired) electrons. The number of hydrogen-bond donors (Lipinski definition) is 1. The fourth-order valence-corrected chi connectivity index (χ4v) is 1.87. The van der Waals surface area contributed by atoms with Gasteiger partial charge in [-0.05, 0) is 20.3 Å². The first-order chi connectivity index (χ1) is 6.57. The summed E-state index contributed by atoms with van der Waals surface area (Å²) in [7, 11) is 0. The van der Waals surface area contributed by atoms with Gasteiger partial charge in [-0.2, -0.15) is 0 Å². The lowest BCUT2D eigenvalue weighted by Crippen LogP contribution is -2.29. The van der Waals surface area contributed by atoms with E-state index in [9.17, 15) is 5.11 Å². The van der Waals surface area contributed by atoms with Gasteiger partial charge < -0.3 is 9.52 Å². The molecule has 1 N–H and O–H groups in total. The number of likely N-dealkylation sites (tertiary alicyclic amines) is 1. The fourth-order valence-electron chi connectivity index (χ4n) is 1.87. The van der Waals surface area contributed by atoms with Crippen LogP contribution in [0, 0.1) is 6.92 Å². The normalized spacial score (nSPS) is 28.5. The standard InChI is InChI=1S/C10H16N2O2/c1-8-9(11-7-14-8)5-12-4-3-10(2,13)6-12/h7,13H,3-6H2,1-2H3. The highest BCUT2D eigenvalue weighted by Gasteiger charge is 2.31. The Hall–Kier alpha value is -0.870. The van der Waals surface area contributed by atoms with E-state index in [1.54, 1.807) is 0 Å². The first-order valence-corrected chi connectivity index (χ1v) is 4.90. The first kappa shape index (κ1) is 9.68. The summed E-state index contributed by atoms with van der Waals surface area (Å²) >= 11 is 0. The minimum absolute atomic E-state index is 0.530. The maximum absolute atomic E-state index is 9.78. The SMILES string of the molecule is Cc1ocnc1CN1CCC(C)(O)C1. The van der Waals surface area contributed by atoms with Gasteiger partial charge in [-0.3, -0.25) is 4.90 Å². The Morgan fingerprint density at radius 1 is 1.71 bits per heavy atom. The smallest absolute Gasteiger partial charge is 0.181 e. The van der Waals surface area contributed by atoms with Gasteiger partial charge >= 0.3 is 0 Å². The second-order valence-electron chi connectivity index (χ2n) is 4.31. The van der Waals surface area contributed by atoms with Crippen molar-refractivity contribution >= 4 is 0 Å². The van der Waals surface area contributed by atoms with E-state index in [1.165, 1.54) is 6.39 Å². The number of hydrogen-bond acceptors (Lipinski definition) is 4. The molecule has 0 bridgehead atoms. The third-order valence-corrected chi connectivity index (χ3v) is 2.75. The van der Waals surface area contributed by atoms with E-state index < -0.39 is 5.60 Å². The van der Waals surface area contributed by atoms with Crippen LogP contribution >= 0.6 is 0 Å². The number of aryl methyl sites for hydroxylation is 1. The van der Waals surface area contributed by atoms with Crippen molar-refractivity contribution in [2.75, 3.05) is 13.1 Å². The van der Waals surface area contributed by atoms with Crippen molar-refractivity contribution < 1.29 is 9.52 Å². The van der Waals surface area contributed by atoms with Crippen LogP contribution in [0.5, 0.6) is 0 Å².